The third-order valence-electron chi connectivity index (χ3n) is 17.6. The first kappa shape index (κ1) is 50.4. The predicted molar refractivity (Wildman–Crippen MR) is 361 cm³/mol. The summed E-state index contributed by atoms with van der Waals surface area (Å²) in [6, 6.07) is 108. The normalized spacial score (nSPS) is 16.0. The average Bonchev–Trinajstić information content (AvgIpc) is 2.16. The fourth-order valence-electron chi connectivity index (χ4n) is 13.4. The van der Waals surface area contributed by atoms with E-state index in [0.29, 0.717) is 15.7 Å². The highest BCUT2D eigenvalue weighted by atomic mass is 32.2. The van der Waals surface area contributed by atoms with Gasteiger partial charge in [-0.25, -0.2) is 0 Å². The standard InChI is InChI=1S/C80H58N2S2/c1-5-17-53(18-6-1)61-37-41-73(67(49-61)57-21-9-3-10-22-57)81-71-27-15-13-25-65(71)69-51-63(39-43-75(69)81)55-29-33-59(34-30-55)77-45-47-79(83-77)80-48-46-78(84-80)60-35-31-56(32-36-60)64-40-44-76-70(52-64)66-26-14-16-28-72(66)82(76)74-42-38-62(54-19-7-2-8-20-54)50-68(74)58-23-11-4-12-24-58/h1-44,47,49-52,77-78,80H,45-46,48H2. The third-order valence-corrected chi connectivity index (χ3v) is 20.9. The van der Waals surface area contributed by atoms with Gasteiger partial charge < -0.3 is 9.13 Å². The smallest absolute Gasteiger partial charge is 0.0541 e. The maximum Gasteiger partial charge on any atom is 0.0541 e. The molecule has 0 spiro atoms. The average molecular weight is 1110 g/mol. The van der Waals surface area contributed by atoms with E-state index in [0.717, 1.165) is 6.42 Å². The quantitative estimate of drug-likeness (QED) is 0.128. The molecule has 1 saturated heterocycles. The lowest BCUT2D eigenvalue weighted by molar-refractivity contribution is 0.792. The number of nitrogens with zero attached hydrogens (tertiary/aromatic N) is 2. The summed E-state index contributed by atoms with van der Waals surface area (Å²) >= 11 is 4.27. The van der Waals surface area contributed by atoms with Crippen LogP contribution >= 0.6 is 23.5 Å². The third kappa shape index (κ3) is 9.09. The van der Waals surface area contributed by atoms with E-state index in [9.17, 15) is 0 Å². The van der Waals surface area contributed by atoms with Gasteiger partial charge in [-0.15, -0.1) is 23.5 Å². The molecular weight excluding hydrogens is 1050 g/mol. The Labute approximate surface area is 499 Å². The summed E-state index contributed by atoms with van der Waals surface area (Å²) in [7, 11) is 0. The first-order valence-corrected chi connectivity index (χ1v) is 31.3. The molecule has 4 heteroatoms. The van der Waals surface area contributed by atoms with Gasteiger partial charge in [0, 0.05) is 48.4 Å². The molecule has 0 radical (unpaired) electrons. The van der Waals surface area contributed by atoms with E-state index in [2.05, 4.69) is 330 Å². The lowest BCUT2D eigenvalue weighted by Crippen LogP contribution is -1.98. The molecule has 2 nitrogen and oxygen atoms in total. The van der Waals surface area contributed by atoms with Crippen molar-refractivity contribution in [2.45, 2.75) is 35.0 Å². The van der Waals surface area contributed by atoms with Crippen LogP contribution in [0.15, 0.2) is 302 Å². The van der Waals surface area contributed by atoms with Crippen LogP contribution < -0.4 is 0 Å². The Morgan fingerprint density at radius 2 is 0.631 bits per heavy atom. The summed E-state index contributed by atoms with van der Waals surface area (Å²) in [6.07, 6.45) is 6.04. The van der Waals surface area contributed by atoms with Crippen LogP contribution in [-0.4, -0.2) is 14.4 Å². The van der Waals surface area contributed by atoms with E-state index in [1.807, 2.05) is 0 Å². The molecule has 2 aromatic heterocycles. The predicted octanol–water partition coefficient (Wildman–Crippen LogP) is 22.6. The molecule has 1 fully saturated rings. The van der Waals surface area contributed by atoms with Crippen LogP contribution in [0.5, 0.6) is 0 Å². The van der Waals surface area contributed by atoms with Crippen molar-refractivity contribution in [2.24, 2.45) is 0 Å². The number of rotatable bonds is 11. The van der Waals surface area contributed by atoms with Crippen LogP contribution in [0.25, 0.3) is 122 Å². The molecule has 12 aromatic carbocycles. The van der Waals surface area contributed by atoms with Crippen LogP contribution in [0.3, 0.4) is 0 Å². The van der Waals surface area contributed by atoms with Crippen molar-refractivity contribution in [3.8, 4) is 78.1 Å². The minimum absolute atomic E-state index is 0.443. The SMILES string of the molecule is C1=C(C2CCC(c3ccc(-c4ccc5c(c4)c4ccccc4n5-c4ccc(-c5ccccc5)cc4-c4ccccc4)cc3)S2)SC(c2ccc(-c3ccc4c(c3)c3ccccc3n4-c3ccc(-c4ccccc4)cc3-c3ccccc3)cc2)C1. The van der Waals surface area contributed by atoms with E-state index in [1.165, 1.54) is 146 Å². The summed E-state index contributed by atoms with van der Waals surface area (Å²) in [5, 5.41) is 6.53. The summed E-state index contributed by atoms with van der Waals surface area (Å²) in [6.45, 7) is 0. The number of allylic oxidation sites excluding steroid dienone is 1. The Hall–Kier alpha value is -9.32. The molecule has 400 valence electrons. The van der Waals surface area contributed by atoms with Gasteiger partial charge in [0.15, 0.2) is 0 Å². The fraction of sp³-hybridized carbons (Fsp3) is 0.0750. The number of para-hydroxylation sites is 2. The van der Waals surface area contributed by atoms with Crippen LogP contribution in [0.1, 0.15) is 40.9 Å². The van der Waals surface area contributed by atoms with Crippen molar-refractivity contribution in [2.75, 3.05) is 0 Å². The molecule has 0 bridgehead atoms. The van der Waals surface area contributed by atoms with Crippen LogP contribution in [0, 0.1) is 0 Å². The van der Waals surface area contributed by atoms with Crippen molar-refractivity contribution in [1.29, 1.82) is 0 Å². The van der Waals surface area contributed by atoms with Gasteiger partial charge in [-0.1, -0.05) is 237 Å². The molecular formula is C80H58N2S2. The topological polar surface area (TPSA) is 9.86 Å². The van der Waals surface area contributed by atoms with E-state index < -0.39 is 0 Å². The van der Waals surface area contributed by atoms with Crippen LogP contribution in [0.4, 0.5) is 0 Å². The Morgan fingerprint density at radius 1 is 0.274 bits per heavy atom. The zero-order valence-electron chi connectivity index (χ0n) is 46.4. The zero-order chi connectivity index (χ0) is 55.5. The molecule has 3 unspecified atom stereocenters. The highest BCUT2D eigenvalue weighted by Gasteiger charge is 2.33. The van der Waals surface area contributed by atoms with Gasteiger partial charge in [0.1, 0.15) is 0 Å². The van der Waals surface area contributed by atoms with E-state index in [1.54, 1.807) is 4.91 Å². The maximum atomic E-state index is 2.55. The van der Waals surface area contributed by atoms with Crippen LogP contribution in [0.2, 0.25) is 0 Å². The minimum atomic E-state index is 0.443. The second-order valence-corrected chi connectivity index (χ2v) is 25.2. The van der Waals surface area contributed by atoms with Crippen LogP contribution in [-0.2, 0) is 0 Å². The molecule has 2 aliphatic rings. The van der Waals surface area contributed by atoms with Crippen molar-refractivity contribution in [1.82, 2.24) is 9.13 Å². The molecule has 0 aliphatic carbocycles. The monoisotopic (exact) mass is 1110 g/mol. The molecule has 84 heavy (non-hydrogen) atoms. The fourth-order valence-corrected chi connectivity index (χ4v) is 16.5. The molecule has 0 saturated carbocycles. The van der Waals surface area contributed by atoms with E-state index >= 15 is 0 Å². The Bertz CT molecular complexity index is 4790. The highest BCUT2D eigenvalue weighted by Crippen LogP contribution is 2.55. The highest BCUT2D eigenvalue weighted by molar-refractivity contribution is 8.06. The molecule has 0 amide bonds. The lowest BCUT2D eigenvalue weighted by Gasteiger charge is -2.16. The number of hydrogen-bond acceptors (Lipinski definition) is 2. The largest absolute Gasteiger partial charge is 0.309 e. The van der Waals surface area contributed by atoms with Gasteiger partial charge in [0.2, 0.25) is 0 Å². The van der Waals surface area contributed by atoms with Crippen molar-refractivity contribution < 1.29 is 0 Å². The number of hydrogen-bond donors (Lipinski definition) is 0. The maximum absolute atomic E-state index is 2.55. The lowest BCUT2D eigenvalue weighted by atomic mass is 9.97. The number of aromatic nitrogens is 2. The summed E-state index contributed by atoms with van der Waals surface area (Å²) in [5.41, 5.74) is 24.7. The second kappa shape index (κ2) is 21.5. The van der Waals surface area contributed by atoms with Gasteiger partial charge >= 0.3 is 0 Å². The molecule has 0 N–H and O–H groups in total. The molecule has 16 rings (SSSR count). The summed E-state index contributed by atoms with van der Waals surface area (Å²) in [4.78, 5) is 1.57. The Kier molecular flexibility index (Phi) is 12.9. The van der Waals surface area contributed by atoms with Gasteiger partial charge in [0.25, 0.3) is 0 Å². The number of thioether (sulfide) groups is 2. The Morgan fingerprint density at radius 3 is 1.11 bits per heavy atom. The van der Waals surface area contributed by atoms with Crippen molar-refractivity contribution in [3.63, 3.8) is 0 Å². The molecule has 3 atom stereocenters. The second-order valence-electron chi connectivity index (χ2n) is 22.5. The van der Waals surface area contributed by atoms with E-state index in [-0.39, 0.29) is 0 Å². The van der Waals surface area contributed by atoms with Gasteiger partial charge in [0.05, 0.1) is 33.4 Å². The zero-order valence-corrected chi connectivity index (χ0v) is 48.0. The molecule has 4 heterocycles. The summed E-state index contributed by atoms with van der Waals surface area (Å²) in [5.74, 6) is 0. The van der Waals surface area contributed by atoms with Gasteiger partial charge in [-0.2, -0.15) is 0 Å². The minimum Gasteiger partial charge on any atom is -0.309 e. The number of benzene rings is 12. The van der Waals surface area contributed by atoms with Gasteiger partial charge in [-0.05, 0) is 152 Å². The first-order valence-electron chi connectivity index (χ1n) is 29.4. The molecule has 2 aliphatic heterocycles. The van der Waals surface area contributed by atoms with E-state index in [4.69, 9.17) is 0 Å². The number of fused-ring (bicyclic) bond motifs is 6. The first-order chi connectivity index (χ1) is 41.6. The van der Waals surface area contributed by atoms with Gasteiger partial charge in [-0.3, -0.25) is 0 Å². The van der Waals surface area contributed by atoms with Crippen molar-refractivity contribution >= 4 is 67.1 Å². The summed E-state index contributed by atoms with van der Waals surface area (Å²) < 4.78 is 4.93. The Balaban J connectivity index is 0.616. The van der Waals surface area contributed by atoms with Crippen molar-refractivity contribution in [3.05, 3.63) is 313 Å². The molecule has 14 aromatic rings.